The van der Waals surface area contributed by atoms with Crippen LogP contribution < -0.4 is 10.5 Å². The van der Waals surface area contributed by atoms with Gasteiger partial charge in [0.25, 0.3) is 0 Å². The van der Waals surface area contributed by atoms with Gasteiger partial charge >= 0.3 is 5.97 Å². The van der Waals surface area contributed by atoms with Crippen LogP contribution in [0.2, 0.25) is 5.02 Å². The molecule has 2 atom stereocenters. The lowest BCUT2D eigenvalue weighted by molar-refractivity contribution is -0.138. The molecule has 1 fully saturated rings. The zero-order valence-electron chi connectivity index (χ0n) is 9.64. The van der Waals surface area contributed by atoms with Crippen molar-refractivity contribution in [3.63, 3.8) is 0 Å². The quantitative estimate of drug-likeness (QED) is 0.869. The molecule has 18 heavy (non-hydrogen) atoms. The van der Waals surface area contributed by atoms with Crippen LogP contribution >= 0.6 is 11.6 Å². The second-order valence-electron chi connectivity index (χ2n) is 4.11. The number of carboxylic acid groups (broad SMARTS) is 1. The van der Waals surface area contributed by atoms with Gasteiger partial charge in [0.2, 0.25) is 0 Å². The van der Waals surface area contributed by atoms with Crippen LogP contribution in [-0.4, -0.2) is 30.4 Å². The van der Waals surface area contributed by atoms with Gasteiger partial charge in [0.15, 0.2) is 0 Å². The molecule has 6 heteroatoms. The molecule has 0 bridgehead atoms. The van der Waals surface area contributed by atoms with Gasteiger partial charge in [-0.05, 0) is 17.7 Å². The molecule has 1 aromatic rings. The lowest BCUT2D eigenvalue weighted by atomic mass is 10.1. The van der Waals surface area contributed by atoms with E-state index in [1.54, 1.807) is 12.1 Å². The highest BCUT2D eigenvalue weighted by Gasteiger charge is 2.20. The van der Waals surface area contributed by atoms with Crippen LogP contribution in [0.1, 0.15) is 18.0 Å². The summed E-state index contributed by atoms with van der Waals surface area (Å²) < 4.78 is 10.9. The van der Waals surface area contributed by atoms with Gasteiger partial charge < -0.3 is 20.3 Å². The van der Waals surface area contributed by atoms with E-state index in [-0.39, 0.29) is 6.10 Å². The number of hydrogen-bond donors (Lipinski definition) is 2. The van der Waals surface area contributed by atoms with Crippen molar-refractivity contribution in [3.05, 3.63) is 28.8 Å². The van der Waals surface area contributed by atoms with E-state index in [1.807, 2.05) is 0 Å². The van der Waals surface area contributed by atoms with Gasteiger partial charge in [-0.1, -0.05) is 17.7 Å². The fourth-order valence-electron chi connectivity index (χ4n) is 1.73. The Morgan fingerprint density at radius 2 is 2.39 bits per heavy atom. The molecule has 1 heterocycles. The van der Waals surface area contributed by atoms with Crippen molar-refractivity contribution in [2.24, 2.45) is 5.73 Å². The summed E-state index contributed by atoms with van der Waals surface area (Å²) in [5, 5.41) is 9.17. The lowest BCUT2D eigenvalue weighted by Crippen LogP contribution is -2.21. The number of carboxylic acids is 1. The third-order valence-corrected chi connectivity index (χ3v) is 3.06. The molecule has 0 radical (unpaired) electrons. The summed E-state index contributed by atoms with van der Waals surface area (Å²) in [7, 11) is 0. The second-order valence-corrected chi connectivity index (χ2v) is 4.52. The monoisotopic (exact) mass is 271 g/mol. The molecule has 0 aromatic heterocycles. The first-order valence-corrected chi connectivity index (χ1v) is 5.98. The van der Waals surface area contributed by atoms with Crippen molar-refractivity contribution < 1.29 is 19.4 Å². The molecule has 0 amide bonds. The Morgan fingerprint density at radius 1 is 1.61 bits per heavy atom. The standard InChI is InChI=1S/C12H14ClNO4/c13-9-5-7(11(14)12(15)16)1-2-10(9)18-8-3-4-17-6-8/h1-2,5,8,11H,3-4,6,14H2,(H,15,16). The van der Waals surface area contributed by atoms with Crippen molar-refractivity contribution in [1.29, 1.82) is 0 Å². The SMILES string of the molecule is NC(C(=O)O)c1ccc(OC2CCOC2)c(Cl)c1. The number of benzene rings is 1. The molecule has 5 nitrogen and oxygen atoms in total. The highest BCUT2D eigenvalue weighted by atomic mass is 35.5. The molecular formula is C12H14ClNO4. The van der Waals surface area contributed by atoms with Crippen molar-refractivity contribution in [2.45, 2.75) is 18.6 Å². The molecule has 2 unspecified atom stereocenters. The predicted molar refractivity (Wildman–Crippen MR) is 65.9 cm³/mol. The van der Waals surface area contributed by atoms with E-state index >= 15 is 0 Å². The van der Waals surface area contributed by atoms with Gasteiger partial charge in [-0.25, -0.2) is 0 Å². The third-order valence-electron chi connectivity index (χ3n) is 2.76. The molecule has 2 rings (SSSR count). The Kier molecular flexibility index (Phi) is 4.06. The van der Waals surface area contributed by atoms with E-state index in [1.165, 1.54) is 6.07 Å². The van der Waals surface area contributed by atoms with E-state index in [4.69, 9.17) is 31.9 Å². The smallest absolute Gasteiger partial charge is 0.325 e. The Bertz CT molecular complexity index is 446. The minimum absolute atomic E-state index is 0.00139. The van der Waals surface area contributed by atoms with Crippen molar-refractivity contribution in [2.75, 3.05) is 13.2 Å². The molecule has 0 saturated carbocycles. The van der Waals surface area contributed by atoms with E-state index in [0.717, 1.165) is 6.42 Å². The zero-order valence-corrected chi connectivity index (χ0v) is 10.4. The van der Waals surface area contributed by atoms with Gasteiger partial charge in [-0.2, -0.15) is 0 Å². The van der Waals surface area contributed by atoms with Crippen LogP contribution in [-0.2, 0) is 9.53 Å². The summed E-state index contributed by atoms with van der Waals surface area (Å²) in [5.74, 6) is -0.572. The van der Waals surface area contributed by atoms with Crippen molar-refractivity contribution >= 4 is 17.6 Å². The summed E-state index contributed by atoms with van der Waals surface area (Å²) in [4.78, 5) is 10.8. The summed E-state index contributed by atoms with van der Waals surface area (Å²) in [6, 6.07) is 3.69. The zero-order chi connectivity index (χ0) is 13.1. The number of nitrogens with two attached hydrogens (primary N) is 1. The Morgan fingerprint density at radius 3 is 2.94 bits per heavy atom. The Labute approximate surface area is 109 Å². The minimum Gasteiger partial charge on any atom is -0.486 e. The maximum absolute atomic E-state index is 10.8. The average molecular weight is 272 g/mol. The van der Waals surface area contributed by atoms with Gasteiger partial charge in [0.05, 0.1) is 18.2 Å². The molecule has 0 spiro atoms. The topological polar surface area (TPSA) is 81.8 Å². The largest absolute Gasteiger partial charge is 0.486 e. The Hall–Kier alpha value is -1.30. The fourth-order valence-corrected chi connectivity index (χ4v) is 1.97. The predicted octanol–water partition coefficient (Wildman–Crippen LogP) is 1.59. The third kappa shape index (κ3) is 2.93. The highest BCUT2D eigenvalue weighted by Crippen LogP contribution is 2.29. The van der Waals surface area contributed by atoms with E-state index in [2.05, 4.69) is 0 Å². The first-order chi connectivity index (χ1) is 8.58. The molecule has 3 N–H and O–H groups in total. The lowest BCUT2D eigenvalue weighted by Gasteiger charge is -2.14. The van der Waals surface area contributed by atoms with Crippen LogP contribution in [0, 0.1) is 0 Å². The summed E-state index contributed by atoms with van der Waals surface area (Å²) in [5.41, 5.74) is 5.95. The van der Waals surface area contributed by atoms with Crippen molar-refractivity contribution in [1.82, 2.24) is 0 Å². The van der Waals surface area contributed by atoms with Crippen LogP contribution in [0.5, 0.6) is 5.75 Å². The van der Waals surface area contributed by atoms with Crippen LogP contribution in [0.4, 0.5) is 0 Å². The molecule has 1 aliphatic heterocycles. The van der Waals surface area contributed by atoms with E-state index in [9.17, 15) is 4.79 Å². The minimum atomic E-state index is -1.09. The number of halogens is 1. The Balaban J connectivity index is 2.11. The maximum atomic E-state index is 10.8. The van der Waals surface area contributed by atoms with Crippen molar-refractivity contribution in [3.8, 4) is 5.75 Å². The van der Waals surface area contributed by atoms with E-state index < -0.39 is 12.0 Å². The average Bonchev–Trinajstić information content (AvgIpc) is 2.83. The number of carbonyl (C=O) groups is 1. The fraction of sp³-hybridized carbons (Fsp3) is 0.417. The highest BCUT2D eigenvalue weighted by molar-refractivity contribution is 6.32. The summed E-state index contributed by atoms with van der Waals surface area (Å²) in [6.45, 7) is 1.23. The molecule has 1 aliphatic rings. The summed E-state index contributed by atoms with van der Waals surface area (Å²) in [6.07, 6.45) is 0.827. The number of rotatable bonds is 4. The first kappa shape index (κ1) is 13.1. The van der Waals surface area contributed by atoms with Crippen LogP contribution in [0.25, 0.3) is 0 Å². The normalized spacial score (nSPS) is 20.7. The van der Waals surface area contributed by atoms with Crippen LogP contribution in [0.3, 0.4) is 0 Å². The number of hydrogen-bond acceptors (Lipinski definition) is 4. The molecule has 98 valence electrons. The molecule has 1 saturated heterocycles. The number of ether oxygens (including phenoxy) is 2. The van der Waals surface area contributed by atoms with Crippen LogP contribution in [0.15, 0.2) is 18.2 Å². The van der Waals surface area contributed by atoms with E-state index in [0.29, 0.717) is 29.5 Å². The molecular weight excluding hydrogens is 258 g/mol. The first-order valence-electron chi connectivity index (χ1n) is 5.60. The maximum Gasteiger partial charge on any atom is 0.325 e. The number of aliphatic carboxylic acids is 1. The van der Waals surface area contributed by atoms with Gasteiger partial charge in [-0.3, -0.25) is 4.79 Å². The molecule has 0 aliphatic carbocycles. The second kappa shape index (κ2) is 5.56. The molecule has 1 aromatic carbocycles. The summed E-state index contributed by atoms with van der Waals surface area (Å²) >= 11 is 6.04. The van der Waals surface area contributed by atoms with Gasteiger partial charge in [-0.15, -0.1) is 0 Å². The van der Waals surface area contributed by atoms with Gasteiger partial charge in [0, 0.05) is 6.42 Å². The van der Waals surface area contributed by atoms with Gasteiger partial charge in [0.1, 0.15) is 17.9 Å².